The van der Waals surface area contributed by atoms with Crippen molar-refractivity contribution in [1.82, 2.24) is 5.32 Å². The Morgan fingerprint density at radius 2 is 1.52 bits per heavy atom. The minimum absolute atomic E-state index is 0.360. The van der Waals surface area contributed by atoms with Gasteiger partial charge in [0.1, 0.15) is 12.4 Å². The first-order chi connectivity index (χ1) is 15.2. The van der Waals surface area contributed by atoms with Crippen molar-refractivity contribution in [2.24, 2.45) is 17.8 Å². The van der Waals surface area contributed by atoms with Gasteiger partial charge in [-0.1, -0.05) is 54.6 Å². The Morgan fingerprint density at radius 1 is 0.839 bits per heavy atom. The second-order valence-electron chi connectivity index (χ2n) is 10.5. The quantitative estimate of drug-likeness (QED) is 0.482. The average molecular weight is 412 g/mol. The van der Waals surface area contributed by atoms with Gasteiger partial charge in [0.15, 0.2) is 0 Å². The van der Waals surface area contributed by atoms with Crippen LogP contribution in [-0.4, -0.2) is 5.54 Å². The normalized spacial score (nSPS) is 28.9. The molecule has 4 fully saturated rings. The second kappa shape index (κ2) is 7.67. The van der Waals surface area contributed by atoms with Gasteiger partial charge in [-0.15, -0.1) is 0 Å². The van der Waals surface area contributed by atoms with E-state index in [-0.39, 0.29) is 0 Å². The maximum atomic E-state index is 6.44. The van der Waals surface area contributed by atoms with Crippen molar-refractivity contribution in [2.75, 3.05) is 0 Å². The third-order valence-corrected chi connectivity index (χ3v) is 8.32. The topological polar surface area (TPSA) is 21.3 Å². The lowest BCUT2D eigenvalue weighted by molar-refractivity contribution is -0.0206. The molecule has 0 unspecified atom stereocenters. The summed E-state index contributed by atoms with van der Waals surface area (Å²) in [5, 5.41) is 6.73. The van der Waals surface area contributed by atoms with Crippen LogP contribution in [0, 0.1) is 24.7 Å². The van der Waals surface area contributed by atoms with Gasteiger partial charge in [0.25, 0.3) is 0 Å². The van der Waals surface area contributed by atoms with Crippen LogP contribution < -0.4 is 10.1 Å². The molecule has 0 heterocycles. The van der Waals surface area contributed by atoms with Crippen LogP contribution in [-0.2, 0) is 13.2 Å². The van der Waals surface area contributed by atoms with Crippen molar-refractivity contribution in [1.29, 1.82) is 0 Å². The van der Waals surface area contributed by atoms with Crippen LogP contribution in [0.2, 0.25) is 0 Å². The van der Waals surface area contributed by atoms with Crippen molar-refractivity contribution in [3.8, 4) is 5.75 Å². The molecule has 4 bridgehead atoms. The second-order valence-corrected chi connectivity index (χ2v) is 10.5. The largest absolute Gasteiger partial charge is 0.489 e. The van der Waals surface area contributed by atoms with Crippen molar-refractivity contribution in [3.05, 3.63) is 77.4 Å². The van der Waals surface area contributed by atoms with E-state index >= 15 is 0 Å². The lowest BCUT2D eigenvalue weighted by atomic mass is 9.53. The van der Waals surface area contributed by atoms with Gasteiger partial charge in [0, 0.05) is 17.6 Å². The van der Waals surface area contributed by atoms with Gasteiger partial charge in [-0.2, -0.15) is 0 Å². The molecule has 3 aromatic rings. The molecule has 3 aromatic carbocycles. The number of aryl methyl sites for hydroxylation is 1. The molecule has 0 amide bonds. The van der Waals surface area contributed by atoms with E-state index in [0.717, 1.165) is 30.0 Å². The Hall–Kier alpha value is -2.32. The Labute approximate surface area is 186 Å². The van der Waals surface area contributed by atoms with E-state index in [1.165, 1.54) is 66.0 Å². The molecule has 4 saturated carbocycles. The van der Waals surface area contributed by atoms with Crippen LogP contribution in [0.4, 0.5) is 0 Å². The number of hydrogen-bond acceptors (Lipinski definition) is 2. The standard InChI is InChI=1S/C29H33NO/c1-20-6-2-3-8-25(20)19-31-28-11-10-24-7-4-5-9-26(24)27(28)18-30-29-15-21-12-22(16-29)14-23(13-21)17-29/h2-11,21-23,30H,12-19H2,1H3. The zero-order valence-corrected chi connectivity index (χ0v) is 18.6. The van der Waals surface area contributed by atoms with Crippen LogP contribution in [0.25, 0.3) is 10.8 Å². The highest BCUT2D eigenvalue weighted by atomic mass is 16.5. The summed E-state index contributed by atoms with van der Waals surface area (Å²) in [4.78, 5) is 0. The van der Waals surface area contributed by atoms with Crippen LogP contribution in [0.5, 0.6) is 5.75 Å². The molecule has 0 saturated heterocycles. The molecule has 0 aliphatic heterocycles. The lowest BCUT2D eigenvalue weighted by Gasteiger charge is -2.57. The summed E-state index contributed by atoms with van der Waals surface area (Å²) in [5.74, 6) is 3.91. The summed E-state index contributed by atoms with van der Waals surface area (Å²) < 4.78 is 6.44. The van der Waals surface area contributed by atoms with Gasteiger partial charge in [0.05, 0.1) is 0 Å². The molecule has 0 radical (unpaired) electrons. The van der Waals surface area contributed by atoms with Crippen LogP contribution >= 0.6 is 0 Å². The lowest BCUT2D eigenvalue weighted by Crippen LogP contribution is -2.58. The summed E-state index contributed by atoms with van der Waals surface area (Å²) in [5.41, 5.74) is 4.23. The zero-order chi connectivity index (χ0) is 20.8. The van der Waals surface area contributed by atoms with E-state index in [1.54, 1.807) is 0 Å². The van der Waals surface area contributed by atoms with Crippen molar-refractivity contribution in [3.63, 3.8) is 0 Å². The monoisotopic (exact) mass is 411 g/mol. The summed E-state index contributed by atoms with van der Waals surface area (Å²) in [6.07, 6.45) is 8.59. The summed E-state index contributed by atoms with van der Waals surface area (Å²) in [7, 11) is 0. The Bertz CT molecular complexity index is 1070. The van der Waals surface area contributed by atoms with E-state index in [9.17, 15) is 0 Å². The molecule has 7 rings (SSSR count). The van der Waals surface area contributed by atoms with Gasteiger partial charge >= 0.3 is 0 Å². The first-order valence-corrected chi connectivity index (χ1v) is 12.1. The third-order valence-electron chi connectivity index (χ3n) is 8.32. The third kappa shape index (κ3) is 3.65. The Balaban J connectivity index is 1.28. The number of fused-ring (bicyclic) bond motifs is 1. The Kier molecular flexibility index (Phi) is 4.79. The van der Waals surface area contributed by atoms with E-state index in [1.807, 2.05) is 0 Å². The zero-order valence-electron chi connectivity index (χ0n) is 18.6. The van der Waals surface area contributed by atoms with Gasteiger partial charge in [-0.05, 0) is 91.2 Å². The highest BCUT2D eigenvalue weighted by molar-refractivity contribution is 5.87. The molecule has 0 aromatic heterocycles. The van der Waals surface area contributed by atoms with E-state index < -0.39 is 0 Å². The first kappa shape index (κ1) is 19.4. The van der Waals surface area contributed by atoms with E-state index in [0.29, 0.717) is 12.1 Å². The molecule has 0 atom stereocenters. The average Bonchev–Trinajstić information content (AvgIpc) is 2.76. The molecular weight excluding hydrogens is 378 g/mol. The van der Waals surface area contributed by atoms with Crippen LogP contribution in [0.15, 0.2) is 60.7 Å². The molecule has 2 heteroatoms. The van der Waals surface area contributed by atoms with Gasteiger partial charge in [-0.3, -0.25) is 0 Å². The molecule has 2 nitrogen and oxygen atoms in total. The number of rotatable bonds is 6. The fraction of sp³-hybridized carbons (Fsp3) is 0.448. The predicted octanol–water partition coefficient (Wildman–Crippen LogP) is 6.79. The minimum Gasteiger partial charge on any atom is -0.489 e. The summed E-state index contributed by atoms with van der Waals surface area (Å²) >= 11 is 0. The smallest absolute Gasteiger partial charge is 0.124 e. The molecule has 1 N–H and O–H groups in total. The summed E-state index contributed by atoms with van der Waals surface area (Å²) in [6.45, 7) is 3.68. The van der Waals surface area contributed by atoms with E-state index in [2.05, 4.69) is 72.9 Å². The van der Waals surface area contributed by atoms with Crippen molar-refractivity contribution < 1.29 is 4.74 Å². The van der Waals surface area contributed by atoms with Gasteiger partial charge < -0.3 is 10.1 Å². The first-order valence-electron chi connectivity index (χ1n) is 12.1. The number of hydrogen-bond donors (Lipinski definition) is 1. The fourth-order valence-electron chi connectivity index (χ4n) is 7.16. The fourth-order valence-corrected chi connectivity index (χ4v) is 7.16. The van der Waals surface area contributed by atoms with Crippen LogP contribution in [0.1, 0.15) is 55.2 Å². The van der Waals surface area contributed by atoms with Gasteiger partial charge in [0.2, 0.25) is 0 Å². The van der Waals surface area contributed by atoms with Crippen molar-refractivity contribution in [2.45, 2.75) is 64.1 Å². The number of benzene rings is 3. The highest BCUT2D eigenvalue weighted by Crippen LogP contribution is 2.55. The Morgan fingerprint density at radius 3 is 2.26 bits per heavy atom. The molecule has 160 valence electrons. The van der Waals surface area contributed by atoms with E-state index in [4.69, 9.17) is 4.74 Å². The van der Waals surface area contributed by atoms with Crippen LogP contribution in [0.3, 0.4) is 0 Å². The SMILES string of the molecule is Cc1ccccc1COc1ccc2ccccc2c1CNC12CC3CC(CC(C3)C1)C2. The molecule has 31 heavy (non-hydrogen) atoms. The van der Waals surface area contributed by atoms with Gasteiger partial charge in [-0.25, -0.2) is 0 Å². The maximum absolute atomic E-state index is 6.44. The molecular formula is C29H33NO. The molecule has 4 aliphatic carbocycles. The molecule has 0 spiro atoms. The number of ether oxygens (including phenoxy) is 1. The summed E-state index contributed by atoms with van der Waals surface area (Å²) in [6, 6.07) is 21.7. The number of nitrogens with one attached hydrogen (secondary N) is 1. The highest BCUT2D eigenvalue weighted by Gasteiger charge is 2.50. The minimum atomic E-state index is 0.360. The predicted molar refractivity (Wildman–Crippen MR) is 127 cm³/mol. The maximum Gasteiger partial charge on any atom is 0.124 e. The van der Waals surface area contributed by atoms with Crippen molar-refractivity contribution >= 4 is 10.8 Å². The molecule has 4 aliphatic rings.